The van der Waals surface area contributed by atoms with E-state index < -0.39 is 0 Å². The summed E-state index contributed by atoms with van der Waals surface area (Å²) in [6.07, 6.45) is 1.06. The normalized spacial score (nSPS) is 11.5. The average Bonchev–Trinajstić information content (AvgIpc) is 2.19. The Labute approximate surface area is 98.6 Å². The second-order valence-electron chi connectivity index (χ2n) is 4.91. The van der Waals surface area contributed by atoms with Gasteiger partial charge < -0.3 is 9.47 Å². The quantitative estimate of drug-likeness (QED) is 0.706. The summed E-state index contributed by atoms with van der Waals surface area (Å²) in [4.78, 5) is 0. The fourth-order valence-electron chi connectivity index (χ4n) is 1.34. The Balaban J connectivity index is 2.48. The van der Waals surface area contributed by atoms with Gasteiger partial charge in [-0.05, 0) is 44.9 Å². The van der Waals surface area contributed by atoms with Gasteiger partial charge in [0.15, 0.2) is 0 Å². The third kappa shape index (κ3) is 5.17. The van der Waals surface area contributed by atoms with E-state index in [1.165, 1.54) is 5.56 Å². The zero-order chi connectivity index (χ0) is 12.0. The molecule has 0 saturated heterocycles. The lowest BCUT2D eigenvalue weighted by molar-refractivity contribution is 0.120. The summed E-state index contributed by atoms with van der Waals surface area (Å²) in [7, 11) is 0. The standard InChI is InChI=1S/C14H22O2/c1-5-10-15-11-12-6-8-13(9-7-12)16-14(2,3)4/h6-9H,5,10-11H2,1-4H3. The van der Waals surface area contributed by atoms with Crippen LogP contribution in [-0.4, -0.2) is 12.2 Å². The highest BCUT2D eigenvalue weighted by Gasteiger charge is 2.11. The van der Waals surface area contributed by atoms with E-state index >= 15 is 0 Å². The van der Waals surface area contributed by atoms with Crippen molar-refractivity contribution < 1.29 is 9.47 Å². The minimum absolute atomic E-state index is 0.139. The monoisotopic (exact) mass is 222 g/mol. The molecule has 0 aromatic heterocycles. The van der Waals surface area contributed by atoms with Crippen LogP contribution >= 0.6 is 0 Å². The Hall–Kier alpha value is -1.02. The summed E-state index contributed by atoms with van der Waals surface area (Å²) in [6.45, 7) is 9.76. The number of benzene rings is 1. The zero-order valence-electron chi connectivity index (χ0n) is 10.7. The number of rotatable bonds is 5. The lowest BCUT2D eigenvalue weighted by Gasteiger charge is -2.21. The second-order valence-corrected chi connectivity index (χ2v) is 4.91. The molecule has 0 heterocycles. The van der Waals surface area contributed by atoms with Gasteiger partial charge in [0.2, 0.25) is 0 Å². The first kappa shape index (κ1) is 13.0. The molecule has 0 aliphatic carbocycles. The molecule has 1 rings (SSSR count). The van der Waals surface area contributed by atoms with Crippen LogP contribution in [0.4, 0.5) is 0 Å². The SMILES string of the molecule is CCCOCc1ccc(OC(C)(C)C)cc1. The van der Waals surface area contributed by atoms with Gasteiger partial charge in [0.05, 0.1) is 6.61 Å². The lowest BCUT2D eigenvalue weighted by Crippen LogP contribution is -2.22. The van der Waals surface area contributed by atoms with E-state index in [1.807, 2.05) is 32.9 Å². The van der Waals surface area contributed by atoms with Crippen molar-refractivity contribution in [2.45, 2.75) is 46.3 Å². The molecule has 0 N–H and O–H groups in total. The van der Waals surface area contributed by atoms with E-state index in [-0.39, 0.29) is 5.60 Å². The Kier molecular flexibility index (Phi) is 4.81. The van der Waals surface area contributed by atoms with Crippen LogP contribution in [0.3, 0.4) is 0 Å². The van der Waals surface area contributed by atoms with Crippen molar-refractivity contribution in [3.63, 3.8) is 0 Å². The van der Waals surface area contributed by atoms with Crippen molar-refractivity contribution in [1.29, 1.82) is 0 Å². The van der Waals surface area contributed by atoms with Crippen LogP contribution in [-0.2, 0) is 11.3 Å². The first-order chi connectivity index (χ1) is 7.51. The minimum Gasteiger partial charge on any atom is -0.488 e. The predicted molar refractivity (Wildman–Crippen MR) is 66.8 cm³/mol. The molecule has 2 heteroatoms. The fraction of sp³-hybridized carbons (Fsp3) is 0.571. The molecule has 0 aliphatic rings. The highest BCUT2D eigenvalue weighted by atomic mass is 16.5. The van der Waals surface area contributed by atoms with Crippen LogP contribution in [0.2, 0.25) is 0 Å². The summed E-state index contributed by atoms with van der Waals surface area (Å²) in [5, 5.41) is 0. The van der Waals surface area contributed by atoms with Crippen molar-refractivity contribution in [3.05, 3.63) is 29.8 Å². The molecule has 1 aromatic rings. The molecule has 0 bridgehead atoms. The number of ether oxygens (including phenoxy) is 2. The van der Waals surface area contributed by atoms with Crippen molar-refractivity contribution in [2.24, 2.45) is 0 Å². The maximum absolute atomic E-state index is 5.74. The van der Waals surface area contributed by atoms with E-state index in [2.05, 4.69) is 19.1 Å². The smallest absolute Gasteiger partial charge is 0.120 e. The largest absolute Gasteiger partial charge is 0.488 e. The molecule has 90 valence electrons. The Bertz CT molecular complexity index is 296. The summed E-state index contributed by atoms with van der Waals surface area (Å²) < 4.78 is 11.2. The molecule has 16 heavy (non-hydrogen) atoms. The van der Waals surface area contributed by atoms with Crippen molar-refractivity contribution in [1.82, 2.24) is 0 Å². The van der Waals surface area contributed by atoms with Gasteiger partial charge >= 0.3 is 0 Å². The molecule has 0 aliphatic heterocycles. The van der Waals surface area contributed by atoms with E-state index in [4.69, 9.17) is 9.47 Å². The maximum atomic E-state index is 5.74. The Morgan fingerprint density at radius 1 is 1.06 bits per heavy atom. The summed E-state index contributed by atoms with van der Waals surface area (Å²) in [5.41, 5.74) is 1.05. The van der Waals surface area contributed by atoms with Crippen molar-refractivity contribution in [2.75, 3.05) is 6.61 Å². The highest BCUT2D eigenvalue weighted by Crippen LogP contribution is 2.18. The van der Waals surface area contributed by atoms with Gasteiger partial charge in [-0.1, -0.05) is 19.1 Å². The van der Waals surface area contributed by atoms with Gasteiger partial charge in [0.1, 0.15) is 11.4 Å². The summed E-state index contributed by atoms with van der Waals surface area (Å²) >= 11 is 0. The van der Waals surface area contributed by atoms with Crippen LogP contribution in [0.5, 0.6) is 5.75 Å². The van der Waals surface area contributed by atoms with E-state index in [0.717, 1.165) is 18.8 Å². The fourth-order valence-corrected chi connectivity index (χ4v) is 1.34. The van der Waals surface area contributed by atoms with Crippen LogP contribution in [0.1, 0.15) is 39.7 Å². The summed E-state index contributed by atoms with van der Waals surface area (Å²) in [6, 6.07) is 8.10. The molecule has 0 amide bonds. The van der Waals surface area contributed by atoms with Gasteiger partial charge in [-0.15, -0.1) is 0 Å². The molecule has 0 atom stereocenters. The second kappa shape index (κ2) is 5.90. The first-order valence-corrected chi connectivity index (χ1v) is 5.87. The molecular formula is C14H22O2. The van der Waals surface area contributed by atoms with Crippen LogP contribution < -0.4 is 4.74 Å². The van der Waals surface area contributed by atoms with E-state index in [0.29, 0.717) is 6.61 Å². The third-order valence-corrected chi connectivity index (χ3v) is 1.96. The molecule has 1 aromatic carbocycles. The summed E-state index contributed by atoms with van der Waals surface area (Å²) in [5.74, 6) is 0.909. The molecule has 0 radical (unpaired) electrons. The molecular weight excluding hydrogens is 200 g/mol. The lowest BCUT2D eigenvalue weighted by atomic mass is 10.2. The highest BCUT2D eigenvalue weighted by molar-refractivity contribution is 5.27. The maximum Gasteiger partial charge on any atom is 0.120 e. The van der Waals surface area contributed by atoms with Crippen molar-refractivity contribution in [3.8, 4) is 5.75 Å². The van der Waals surface area contributed by atoms with Crippen LogP contribution in [0, 0.1) is 0 Å². The minimum atomic E-state index is -0.139. The van der Waals surface area contributed by atoms with Crippen LogP contribution in [0.15, 0.2) is 24.3 Å². The predicted octanol–water partition coefficient (Wildman–Crippen LogP) is 3.79. The number of hydrogen-bond donors (Lipinski definition) is 0. The van der Waals surface area contributed by atoms with E-state index in [9.17, 15) is 0 Å². The number of hydrogen-bond acceptors (Lipinski definition) is 2. The Morgan fingerprint density at radius 3 is 2.19 bits per heavy atom. The van der Waals surface area contributed by atoms with Gasteiger partial charge in [-0.2, -0.15) is 0 Å². The van der Waals surface area contributed by atoms with Gasteiger partial charge in [0.25, 0.3) is 0 Å². The zero-order valence-corrected chi connectivity index (χ0v) is 10.7. The molecule has 0 spiro atoms. The Morgan fingerprint density at radius 2 is 1.69 bits per heavy atom. The third-order valence-electron chi connectivity index (χ3n) is 1.96. The molecule has 0 fully saturated rings. The molecule has 2 nitrogen and oxygen atoms in total. The topological polar surface area (TPSA) is 18.5 Å². The van der Waals surface area contributed by atoms with Gasteiger partial charge in [0, 0.05) is 6.61 Å². The van der Waals surface area contributed by atoms with Gasteiger partial charge in [-0.25, -0.2) is 0 Å². The molecule has 0 unspecified atom stereocenters. The molecule has 0 saturated carbocycles. The van der Waals surface area contributed by atoms with Crippen molar-refractivity contribution >= 4 is 0 Å². The average molecular weight is 222 g/mol. The van der Waals surface area contributed by atoms with Gasteiger partial charge in [-0.3, -0.25) is 0 Å². The first-order valence-electron chi connectivity index (χ1n) is 5.87. The van der Waals surface area contributed by atoms with Crippen LogP contribution in [0.25, 0.3) is 0 Å². The van der Waals surface area contributed by atoms with E-state index in [1.54, 1.807) is 0 Å².